The smallest absolute Gasteiger partial charge is 0.123 e. The fourth-order valence-electron chi connectivity index (χ4n) is 2.84. The molecular weight excluding hydrogens is 269 g/mol. The van der Waals surface area contributed by atoms with E-state index in [1.807, 2.05) is 13.0 Å². The Morgan fingerprint density at radius 2 is 2.29 bits per heavy atom. The Hall–Kier alpha value is -0.970. The van der Waals surface area contributed by atoms with Gasteiger partial charge in [-0.3, -0.25) is 0 Å². The number of benzene rings is 1. The average Bonchev–Trinajstić information content (AvgIpc) is 2.52. The quantitative estimate of drug-likeness (QED) is 0.746. The molecule has 0 bridgehead atoms. The zero-order valence-electron chi connectivity index (χ0n) is 12.8. The van der Waals surface area contributed by atoms with Crippen LogP contribution < -0.4 is 5.32 Å². The van der Waals surface area contributed by atoms with Crippen molar-refractivity contribution in [2.75, 3.05) is 32.9 Å². The van der Waals surface area contributed by atoms with Gasteiger partial charge in [-0.2, -0.15) is 0 Å². The Morgan fingerprint density at radius 1 is 1.38 bits per heavy atom. The zero-order valence-corrected chi connectivity index (χ0v) is 12.8. The molecule has 118 valence electrons. The maximum Gasteiger partial charge on any atom is 0.123 e. The van der Waals surface area contributed by atoms with Crippen LogP contribution in [0.15, 0.2) is 24.3 Å². The molecule has 1 aromatic rings. The van der Waals surface area contributed by atoms with E-state index >= 15 is 0 Å². The maximum atomic E-state index is 13.5. The molecule has 3 nitrogen and oxygen atoms in total. The molecule has 0 spiro atoms. The van der Waals surface area contributed by atoms with Crippen LogP contribution in [0.3, 0.4) is 0 Å². The lowest BCUT2D eigenvalue weighted by Gasteiger charge is -2.31. The molecule has 0 aromatic heterocycles. The minimum atomic E-state index is -0.195. The standard InChI is InChI=1S/C17H26FNO2/c1-2-20-10-5-11-21-17(15-7-4-9-19-13-15)14-6-3-8-16(18)12-14/h3,6,8,12,15,17,19H,2,4-5,7,9-11,13H2,1H3/t15?,17-/m0/s1. The summed E-state index contributed by atoms with van der Waals surface area (Å²) in [4.78, 5) is 0. The van der Waals surface area contributed by atoms with Gasteiger partial charge in [0.1, 0.15) is 5.82 Å². The molecule has 0 radical (unpaired) electrons. The van der Waals surface area contributed by atoms with Gasteiger partial charge in [-0.05, 0) is 50.4 Å². The maximum absolute atomic E-state index is 13.5. The minimum Gasteiger partial charge on any atom is -0.382 e. The van der Waals surface area contributed by atoms with Gasteiger partial charge >= 0.3 is 0 Å². The van der Waals surface area contributed by atoms with Crippen LogP contribution in [0.25, 0.3) is 0 Å². The first-order valence-corrected chi connectivity index (χ1v) is 7.96. The molecule has 0 amide bonds. The largest absolute Gasteiger partial charge is 0.382 e. The Balaban J connectivity index is 1.96. The van der Waals surface area contributed by atoms with Crippen molar-refractivity contribution in [3.8, 4) is 0 Å². The highest BCUT2D eigenvalue weighted by Gasteiger charge is 2.25. The predicted octanol–water partition coefficient (Wildman–Crippen LogP) is 3.31. The SMILES string of the molecule is CCOCCCO[C@@H](c1cccc(F)c1)C1CCCNC1. The fourth-order valence-corrected chi connectivity index (χ4v) is 2.84. The van der Waals surface area contributed by atoms with Crippen molar-refractivity contribution < 1.29 is 13.9 Å². The summed E-state index contributed by atoms with van der Waals surface area (Å²) in [6.45, 7) is 6.10. The van der Waals surface area contributed by atoms with E-state index in [-0.39, 0.29) is 11.9 Å². The van der Waals surface area contributed by atoms with Crippen LogP contribution in [0.5, 0.6) is 0 Å². The van der Waals surface area contributed by atoms with Crippen molar-refractivity contribution in [3.05, 3.63) is 35.6 Å². The molecule has 1 aromatic carbocycles. The summed E-state index contributed by atoms with van der Waals surface area (Å²) in [5.41, 5.74) is 0.945. The molecule has 1 fully saturated rings. The molecule has 1 heterocycles. The number of hydrogen-bond donors (Lipinski definition) is 1. The third-order valence-corrected chi connectivity index (χ3v) is 3.87. The molecule has 4 heteroatoms. The highest BCUT2D eigenvalue weighted by atomic mass is 19.1. The second-order valence-corrected chi connectivity index (χ2v) is 5.50. The first-order valence-electron chi connectivity index (χ1n) is 7.96. The zero-order chi connectivity index (χ0) is 14.9. The Labute approximate surface area is 126 Å². The Kier molecular flexibility index (Phi) is 7.13. The lowest BCUT2D eigenvalue weighted by Crippen LogP contribution is -2.34. The minimum absolute atomic E-state index is 0.0323. The molecular formula is C17H26FNO2. The van der Waals surface area contributed by atoms with Crippen molar-refractivity contribution in [1.82, 2.24) is 5.32 Å². The van der Waals surface area contributed by atoms with Crippen LogP contribution in [-0.4, -0.2) is 32.9 Å². The first kappa shape index (κ1) is 16.4. The molecule has 1 aliphatic rings. The second-order valence-electron chi connectivity index (χ2n) is 5.50. The number of hydrogen-bond acceptors (Lipinski definition) is 3. The second kappa shape index (κ2) is 9.13. The van der Waals surface area contributed by atoms with E-state index in [0.717, 1.165) is 51.1 Å². The lowest BCUT2D eigenvalue weighted by molar-refractivity contribution is -0.00734. The van der Waals surface area contributed by atoms with Gasteiger partial charge in [-0.25, -0.2) is 4.39 Å². The predicted molar refractivity (Wildman–Crippen MR) is 81.8 cm³/mol. The van der Waals surface area contributed by atoms with E-state index < -0.39 is 0 Å². The first-order chi connectivity index (χ1) is 10.3. The number of ether oxygens (including phenoxy) is 2. The summed E-state index contributed by atoms with van der Waals surface area (Å²) in [6, 6.07) is 6.80. The molecule has 2 atom stereocenters. The molecule has 21 heavy (non-hydrogen) atoms. The monoisotopic (exact) mass is 295 g/mol. The van der Waals surface area contributed by atoms with E-state index in [4.69, 9.17) is 9.47 Å². The molecule has 1 N–H and O–H groups in total. The third kappa shape index (κ3) is 5.38. The van der Waals surface area contributed by atoms with Crippen molar-refractivity contribution in [2.45, 2.75) is 32.3 Å². The molecule has 1 saturated heterocycles. The summed E-state index contributed by atoms with van der Waals surface area (Å²) >= 11 is 0. The normalized spacial score (nSPS) is 20.4. The van der Waals surface area contributed by atoms with Gasteiger partial charge in [0.2, 0.25) is 0 Å². The van der Waals surface area contributed by atoms with Gasteiger partial charge < -0.3 is 14.8 Å². The van der Waals surface area contributed by atoms with E-state index in [9.17, 15) is 4.39 Å². The third-order valence-electron chi connectivity index (χ3n) is 3.87. The van der Waals surface area contributed by atoms with Gasteiger partial charge in [0, 0.05) is 32.3 Å². The van der Waals surface area contributed by atoms with Gasteiger partial charge in [0.05, 0.1) is 6.10 Å². The summed E-state index contributed by atoms with van der Waals surface area (Å²) in [6.07, 6.45) is 3.12. The van der Waals surface area contributed by atoms with E-state index in [0.29, 0.717) is 12.5 Å². The van der Waals surface area contributed by atoms with Crippen LogP contribution in [0.2, 0.25) is 0 Å². The highest BCUT2D eigenvalue weighted by Crippen LogP contribution is 2.31. The van der Waals surface area contributed by atoms with Gasteiger partial charge in [0.25, 0.3) is 0 Å². The summed E-state index contributed by atoms with van der Waals surface area (Å²) in [7, 11) is 0. The van der Waals surface area contributed by atoms with E-state index in [1.54, 1.807) is 12.1 Å². The van der Waals surface area contributed by atoms with Crippen molar-refractivity contribution in [3.63, 3.8) is 0 Å². The fraction of sp³-hybridized carbons (Fsp3) is 0.647. The lowest BCUT2D eigenvalue weighted by atomic mass is 9.89. The summed E-state index contributed by atoms with van der Waals surface area (Å²) in [5, 5.41) is 3.41. The van der Waals surface area contributed by atoms with E-state index in [2.05, 4.69) is 5.32 Å². The molecule has 0 saturated carbocycles. The molecule has 1 unspecified atom stereocenters. The number of halogens is 1. The summed E-state index contributed by atoms with van der Waals surface area (Å²) < 4.78 is 24.9. The molecule has 2 rings (SSSR count). The van der Waals surface area contributed by atoms with Gasteiger partial charge in [-0.1, -0.05) is 12.1 Å². The van der Waals surface area contributed by atoms with Crippen LogP contribution in [0.4, 0.5) is 4.39 Å². The van der Waals surface area contributed by atoms with Gasteiger partial charge in [-0.15, -0.1) is 0 Å². The van der Waals surface area contributed by atoms with Crippen LogP contribution in [0, 0.1) is 11.7 Å². The molecule has 0 aliphatic carbocycles. The van der Waals surface area contributed by atoms with Crippen molar-refractivity contribution in [1.29, 1.82) is 0 Å². The van der Waals surface area contributed by atoms with Crippen LogP contribution in [-0.2, 0) is 9.47 Å². The van der Waals surface area contributed by atoms with E-state index in [1.165, 1.54) is 6.07 Å². The Morgan fingerprint density at radius 3 is 3.00 bits per heavy atom. The number of nitrogens with one attached hydrogen (secondary N) is 1. The number of rotatable bonds is 8. The topological polar surface area (TPSA) is 30.5 Å². The summed E-state index contributed by atoms with van der Waals surface area (Å²) in [5.74, 6) is 0.215. The average molecular weight is 295 g/mol. The molecule has 1 aliphatic heterocycles. The highest BCUT2D eigenvalue weighted by molar-refractivity contribution is 5.20. The Bertz CT molecular complexity index is 408. The van der Waals surface area contributed by atoms with Gasteiger partial charge in [0.15, 0.2) is 0 Å². The van der Waals surface area contributed by atoms with Crippen LogP contribution >= 0.6 is 0 Å². The van der Waals surface area contributed by atoms with Crippen molar-refractivity contribution in [2.24, 2.45) is 5.92 Å². The number of piperidine rings is 1. The van der Waals surface area contributed by atoms with Crippen LogP contribution in [0.1, 0.15) is 37.9 Å². The van der Waals surface area contributed by atoms with Crippen molar-refractivity contribution >= 4 is 0 Å².